The van der Waals surface area contributed by atoms with E-state index in [1.54, 1.807) is 0 Å². The van der Waals surface area contributed by atoms with E-state index in [-0.39, 0.29) is 11.3 Å². The monoisotopic (exact) mass is 259 g/mol. The summed E-state index contributed by atoms with van der Waals surface area (Å²) >= 11 is 0. The summed E-state index contributed by atoms with van der Waals surface area (Å²) in [6.45, 7) is 6.60. The first-order valence-corrected chi connectivity index (χ1v) is 6.92. The SMILES string of the molecule is CC(C)(C)c1ccc2c(c1)CC1(C2)CC(O)NC1=O. The fourth-order valence-electron chi connectivity index (χ4n) is 3.34. The summed E-state index contributed by atoms with van der Waals surface area (Å²) in [5.41, 5.74) is 3.57. The van der Waals surface area contributed by atoms with Gasteiger partial charge in [0, 0.05) is 6.42 Å². The van der Waals surface area contributed by atoms with Gasteiger partial charge in [0.05, 0.1) is 5.41 Å². The van der Waals surface area contributed by atoms with Gasteiger partial charge in [-0.05, 0) is 34.9 Å². The third-order valence-electron chi connectivity index (χ3n) is 4.49. The van der Waals surface area contributed by atoms with Crippen molar-refractivity contribution >= 4 is 5.91 Å². The van der Waals surface area contributed by atoms with E-state index in [0.717, 1.165) is 12.8 Å². The zero-order valence-electron chi connectivity index (χ0n) is 11.8. The molecule has 2 atom stereocenters. The van der Waals surface area contributed by atoms with Crippen LogP contribution < -0.4 is 5.32 Å². The van der Waals surface area contributed by atoms with Gasteiger partial charge in [0.25, 0.3) is 0 Å². The van der Waals surface area contributed by atoms with E-state index >= 15 is 0 Å². The van der Waals surface area contributed by atoms with E-state index in [0.29, 0.717) is 6.42 Å². The molecule has 0 aromatic heterocycles. The van der Waals surface area contributed by atoms with Crippen LogP contribution in [-0.4, -0.2) is 17.2 Å². The minimum absolute atomic E-state index is 0.00788. The van der Waals surface area contributed by atoms with Gasteiger partial charge in [-0.25, -0.2) is 0 Å². The quantitative estimate of drug-likeness (QED) is 0.747. The van der Waals surface area contributed by atoms with Gasteiger partial charge in [0.1, 0.15) is 6.23 Å². The minimum Gasteiger partial charge on any atom is -0.374 e. The molecule has 1 aromatic rings. The van der Waals surface area contributed by atoms with Gasteiger partial charge in [-0.1, -0.05) is 39.0 Å². The Bertz CT molecular complexity index is 544. The van der Waals surface area contributed by atoms with Crippen LogP contribution in [0.5, 0.6) is 0 Å². The Kier molecular flexibility index (Phi) is 2.55. The smallest absolute Gasteiger partial charge is 0.229 e. The fraction of sp³-hybridized carbons (Fsp3) is 0.562. The number of aliphatic hydroxyl groups is 1. The van der Waals surface area contributed by atoms with Crippen LogP contribution in [0, 0.1) is 5.41 Å². The molecule has 0 bridgehead atoms. The van der Waals surface area contributed by atoms with Gasteiger partial charge < -0.3 is 10.4 Å². The fourth-order valence-corrected chi connectivity index (χ4v) is 3.34. The number of carbonyl (C=O) groups excluding carboxylic acids is 1. The Morgan fingerprint density at radius 1 is 1.26 bits per heavy atom. The lowest BCUT2D eigenvalue weighted by molar-refractivity contribution is -0.127. The molecule has 0 saturated carbocycles. The second-order valence-electron chi connectivity index (χ2n) is 7.06. The molecule has 1 saturated heterocycles. The summed E-state index contributed by atoms with van der Waals surface area (Å²) in [5, 5.41) is 12.3. The lowest BCUT2D eigenvalue weighted by Crippen LogP contribution is -2.32. The summed E-state index contributed by atoms with van der Waals surface area (Å²) in [7, 11) is 0. The Labute approximate surface area is 114 Å². The third kappa shape index (κ3) is 1.96. The number of carbonyl (C=O) groups is 1. The molecule has 3 nitrogen and oxygen atoms in total. The van der Waals surface area contributed by atoms with E-state index in [2.05, 4.69) is 44.3 Å². The van der Waals surface area contributed by atoms with Crippen LogP contribution in [0.25, 0.3) is 0 Å². The maximum absolute atomic E-state index is 12.1. The number of benzene rings is 1. The summed E-state index contributed by atoms with van der Waals surface area (Å²) < 4.78 is 0. The largest absolute Gasteiger partial charge is 0.374 e. The van der Waals surface area contributed by atoms with Crippen molar-refractivity contribution in [1.82, 2.24) is 5.32 Å². The molecule has 1 aromatic carbocycles. The number of amides is 1. The molecular weight excluding hydrogens is 238 g/mol. The second-order valence-corrected chi connectivity index (χ2v) is 7.06. The number of hydrogen-bond donors (Lipinski definition) is 2. The maximum Gasteiger partial charge on any atom is 0.229 e. The Balaban J connectivity index is 1.95. The van der Waals surface area contributed by atoms with Crippen LogP contribution in [0.4, 0.5) is 0 Å². The van der Waals surface area contributed by atoms with Crippen molar-refractivity contribution in [2.75, 3.05) is 0 Å². The second kappa shape index (κ2) is 3.83. The van der Waals surface area contributed by atoms with Crippen LogP contribution in [-0.2, 0) is 23.1 Å². The molecule has 1 amide bonds. The molecule has 2 N–H and O–H groups in total. The molecule has 0 radical (unpaired) electrons. The Hall–Kier alpha value is -1.35. The Morgan fingerprint density at radius 2 is 1.95 bits per heavy atom. The van der Waals surface area contributed by atoms with Crippen molar-refractivity contribution in [2.24, 2.45) is 5.41 Å². The number of aliphatic hydroxyl groups excluding tert-OH is 1. The van der Waals surface area contributed by atoms with Gasteiger partial charge in [-0.3, -0.25) is 4.79 Å². The molecule has 102 valence electrons. The van der Waals surface area contributed by atoms with Gasteiger partial charge in [0.2, 0.25) is 5.91 Å². The zero-order valence-corrected chi connectivity index (χ0v) is 11.8. The van der Waals surface area contributed by atoms with E-state index < -0.39 is 11.6 Å². The van der Waals surface area contributed by atoms with Crippen LogP contribution >= 0.6 is 0 Å². The molecule has 1 heterocycles. The van der Waals surface area contributed by atoms with Crippen LogP contribution in [0.3, 0.4) is 0 Å². The van der Waals surface area contributed by atoms with E-state index in [9.17, 15) is 9.90 Å². The summed E-state index contributed by atoms with van der Waals surface area (Å²) in [6.07, 6.45) is 1.37. The molecule has 1 fully saturated rings. The first-order chi connectivity index (χ1) is 8.80. The average molecular weight is 259 g/mol. The molecule has 1 aliphatic carbocycles. The average Bonchev–Trinajstić information content (AvgIpc) is 2.77. The highest BCUT2D eigenvalue weighted by Gasteiger charge is 2.49. The van der Waals surface area contributed by atoms with Crippen LogP contribution in [0.2, 0.25) is 0 Å². The third-order valence-corrected chi connectivity index (χ3v) is 4.49. The van der Waals surface area contributed by atoms with Crippen LogP contribution in [0.1, 0.15) is 43.9 Å². The molecule has 3 rings (SSSR count). The summed E-state index contributed by atoms with van der Waals surface area (Å²) in [4.78, 5) is 12.1. The number of rotatable bonds is 0. The highest BCUT2D eigenvalue weighted by Crippen LogP contribution is 2.44. The number of hydrogen-bond acceptors (Lipinski definition) is 2. The van der Waals surface area contributed by atoms with Crippen molar-refractivity contribution < 1.29 is 9.90 Å². The van der Waals surface area contributed by atoms with E-state index in [1.165, 1.54) is 16.7 Å². The molecule has 1 aliphatic heterocycles. The highest BCUT2D eigenvalue weighted by atomic mass is 16.3. The van der Waals surface area contributed by atoms with Crippen molar-refractivity contribution in [3.8, 4) is 0 Å². The van der Waals surface area contributed by atoms with Gasteiger partial charge >= 0.3 is 0 Å². The predicted molar refractivity (Wildman–Crippen MR) is 73.7 cm³/mol. The van der Waals surface area contributed by atoms with Gasteiger partial charge in [0.15, 0.2) is 0 Å². The predicted octanol–water partition coefficient (Wildman–Crippen LogP) is 1.91. The zero-order chi connectivity index (χ0) is 13.8. The Morgan fingerprint density at radius 3 is 2.53 bits per heavy atom. The van der Waals surface area contributed by atoms with Gasteiger partial charge in [-0.2, -0.15) is 0 Å². The molecule has 2 unspecified atom stereocenters. The summed E-state index contributed by atoms with van der Waals surface area (Å²) in [5.74, 6) is 0.00788. The van der Waals surface area contributed by atoms with Crippen molar-refractivity contribution in [3.05, 3.63) is 34.9 Å². The van der Waals surface area contributed by atoms with E-state index in [1.807, 2.05) is 0 Å². The molecular formula is C16H21NO2. The number of fused-ring (bicyclic) bond motifs is 1. The lowest BCUT2D eigenvalue weighted by atomic mass is 9.83. The number of nitrogens with one attached hydrogen (secondary N) is 1. The summed E-state index contributed by atoms with van der Waals surface area (Å²) in [6, 6.07) is 6.56. The van der Waals surface area contributed by atoms with E-state index in [4.69, 9.17) is 0 Å². The van der Waals surface area contributed by atoms with Crippen molar-refractivity contribution in [2.45, 2.75) is 51.7 Å². The first kappa shape index (κ1) is 12.7. The normalized spacial score (nSPS) is 29.7. The highest BCUT2D eigenvalue weighted by molar-refractivity contribution is 5.86. The van der Waals surface area contributed by atoms with Crippen molar-refractivity contribution in [3.63, 3.8) is 0 Å². The standard InChI is InChI=1S/C16H21NO2/c1-15(2,3)12-5-4-10-7-16(8-11(10)6-12)9-13(18)17-14(16)19/h4-6,13,18H,7-9H2,1-3H3,(H,17,19). The van der Waals surface area contributed by atoms with Gasteiger partial charge in [-0.15, -0.1) is 0 Å². The molecule has 19 heavy (non-hydrogen) atoms. The molecule has 2 aliphatic rings. The molecule has 3 heteroatoms. The topological polar surface area (TPSA) is 49.3 Å². The molecule has 1 spiro atoms. The van der Waals surface area contributed by atoms with Crippen molar-refractivity contribution in [1.29, 1.82) is 0 Å². The lowest BCUT2D eigenvalue weighted by Gasteiger charge is -2.20. The maximum atomic E-state index is 12.1. The van der Waals surface area contributed by atoms with Crippen LogP contribution in [0.15, 0.2) is 18.2 Å². The minimum atomic E-state index is -0.677. The first-order valence-electron chi connectivity index (χ1n) is 6.92.